The summed E-state index contributed by atoms with van der Waals surface area (Å²) in [6.07, 6.45) is 0. The number of rotatable bonds is 3. The minimum absolute atomic E-state index is 0.199. The number of aromatic carboxylic acids is 1. The van der Waals surface area contributed by atoms with Crippen LogP contribution in [0.4, 0.5) is 5.69 Å². The molecule has 18 heavy (non-hydrogen) atoms. The van der Waals surface area contributed by atoms with E-state index >= 15 is 0 Å². The Morgan fingerprint density at radius 2 is 1.83 bits per heavy atom. The molecule has 2 aromatic rings. The maximum atomic E-state index is 11.1. The lowest BCUT2D eigenvalue weighted by molar-refractivity contribution is -0.385. The summed E-state index contributed by atoms with van der Waals surface area (Å²) < 4.78 is 0. The second-order valence-electron chi connectivity index (χ2n) is 3.56. The van der Waals surface area contributed by atoms with Crippen LogP contribution in [0.1, 0.15) is 10.4 Å². The van der Waals surface area contributed by atoms with E-state index in [1.807, 2.05) is 0 Å². The fraction of sp³-hybridized carbons (Fsp3) is 0. The molecular formula is C13H8NO4. The van der Waals surface area contributed by atoms with Crippen LogP contribution in [0.5, 0.6) is 0 Å². The topological polar surface area (TPSA) is 80.4 Å². The maximum absolute atomic E-state index is 11.1. The molecule has 0 aliphatic heterocycles. The van der Waals surface area contributed by atoms with Gasteiger partial charge in [-0.25, -0.2) is 4.79 Å². The van der Waals surface area contributed by atoms with E-state index in [9.17, 15) is 14.9 Å². The largest absolute Gasteiger partial charge is 0.478 e. The van der Waals surface area contributed by atoms with E-state index in [-0.39, 0.29) is 11.3 Å². The molecule has 5 nitrogen and oxygen atoms in total. The Bertz CT molecular complexity index is 608. The number of nitro groups is 1. The van der Waals surface area contributed by atoms with Gasteiger partial charge in [0.2, 0.25) is 0 Å². The van der Waals surface area contributed by atoms with Crippen molar-refractivity contribution in [2.75, 3.05) is 0 Å². The number of nitrogens with zero attached hydrogens (tertiary/aromatic N) is 1. The summed E-state index contributed by atoms with van der Waals surface area (Å²) in [6, 6.07) is 13.8. The highest BCUT2D eigenvalue weighted by Crippen LogP contribution is 2.26. The summed E-state index contributed by atoms with van der Waals surface area (Å²) in [4.78, 5) is 21.1. The number of carbonyl (C=O) groups is 1. The Balaban J connectivity index is 2.61. The summed E-state index contributed by atoms with van der Waals surface area (Å²) in [6.45, 7) is 0. The zero-order valence-electron chi connectivity index (χ0n) is 9.16. The molecule has 0 atom stereocenters. The fourth-order valence-electron chi connectivity index (χ4n) is 1.62. The van der Waals surface area contributed by atoms with E-state index in [4.69, 9.17) is 5.11 Å². The summed E-state index contributed by atoms with van der Waals surface area (Å²) in [5.41, 5.74) is 0.539. The molecule has 0 fully saturated rings. The predicted octanol–water partition coefficient (Wildman–Crippen LogP) is 2.76. The van der Waals surface area contributed by atoms with E-state index in [0.717, 1.165) is 0 Å². The summed E-state index contributed by atoms with van der Waals surface area (Å²) in [7, 11) is 0. The van der Waals surface area contributed by atoms with E-state index in [1.54, 1.807) is 30.3 Å². The summed E-state index contributed by atoms with van der Waals surface area (Å²) >= 11 is 0. The van der Waals surface area contributed by atoms with Gasteiger partial charge in [-0.2, -0.15) is 0 Å². The van der Waals surface area contributed by atoms with Crippen molar-refractivity contribution in [3.05, 3.63) is 64.2 Å². The van der Waals surface area contributed by atoms with Crippen molar-refractivity contribution in [2.45, 2.75) is 0 Å². The molecule has 0 bridgehead atoms. The number of hydrogen-bond acceptors (Lipinski definition) is 3. The molecule has 0 saturated heterocycles. The smallest absolute Gasteiger partial charge is 0.337 e. The minimum atomic E-state index is -1.24. The van der Waals surface area contributed by atoms with Gasteiger partial charge in [-0.05, 0) is 17.2 Å². The molecule has 2 aromatic carbocycles. The Morgan fingerprint density at radius 1 is 1.17 bits per heavy atom. The van der Waals surface area contributed by atoms with Crippen LogP contribution in [-0.2, 0) is 0 Å². The van der Waals surface area contributed by atoms with Crippen LogP contribution >= 0.6 is 0 Å². The van der Waals surface area contributed by atoms with Gasteiger partial charge >= 0.3 is 5.97 Å². The zero-order chi connectivity index (χ0) is 13.1. The summed E-state index contributed by atoms with van der Waals surface area (Å²) in [5, 5.41) is 19.7. The molecule has 0 heterocycles. The number of hydrogen-bond donors (Lipinski definition) is 1. The molecule has 1 radical (unpaired) electrons. The first-order valence-electron chi connectivity index (χ1n) is 5.09. The Hall–Kier alpha value is -2.69. The second kappa shape index (κ2) is 4.67. The third-order valence-electron chi connectivity index (χ3n) is 2.43. The number of nitro benzene ring substituents is 1. The van der Waals surface area contributed by atoms with Crippen molar-refractivity contribution in [3.63, 3.8) is 0 Å². The lowest BCUT2D eigenvalue weighted by Crippen LogP contribution is -2.01. The Morgan fingerprint density at radius 3 is 2.39 bits per heavy atom. The van der Waals surface area contributed by atoms with Crippen LogP contribution in [0.25, 0.3) is 11.1 Å². The molecule has 0 aliphatic carbocycles. The van der Waals surface area contributed by atoms with Gasteiger partial charge in [0.25, 0.3) is 5.69 Å². The normalized spacial score (nSPS) is 10.0. The van der Waals surface area contributed by atoms with Gasteiger partial charge in [-0.1, -0.05) is 30.3 Å². The molecule has 5 heteroatoms. The Labute approximate surface area is 102 Å². The molecule has 0 saturated carbocycles. The van der Waals surface area contributed by atoms with E-state index in [2.05, 4.69) is 6.07 Å². The van der Waals surface area contributed by atoms with Crippen LogP contribution in [0.15, 0.2) is 42.5 Å². The molecule has 0 amide bonds. The average Bonchev–Trinajstić information content (AvgIpc) is 2.39. The van der Waals surface area contributed by atoms with Crippen LogP contribution in [-0.4, -0.2) is 16.0 Å². The highest BCUT2D eigenvalue weighted by atomic mass is 16.6. The van der Waals surface area contributed by atoms with Gasteiger partial charge in [0.15, 0.2) is 0 Å². The Kier molecular flexibility index (Phi) is 3.05. The van der Waals surface area contributed by atoms with E-state index in [1.165, 1.54) is 12.1 Å². The van der Waals surface area contributed by atoms with Gasteiger partial charge in [0, 0.05) is 6.07 Å². The van der Waals surface area contributed by atoms with Crippen LogP contribution in [0.2, 0.25) is 0 Å². The van der Waals surface area contributed by atoms with Crippen LogP contribution in [0, 0.1) is 16.2 Å². The first-order valence-corrected chi connectivity index (χ1v) is 5.09. The highest BCUT2D eigenvalue weighted by Gasteiger charge is 2.17. The van der Waals surface area contributed by atoms with E-state index < -0.39 is 10.9 Å². The fourth-order valence-corrected chi connectivity index (χ4v) is 1.62. The third kappa shape index (κ3) is 2.20. The van der Waals surface area contributed by atoms with E-state index in [0.29, 0.717) is 11.1 Å². The van der Waals surface area contributed by atoms with Crippen molar-refractivity contribution in [1.82, 2.24) is 0 Å². The molecular weight excluding hydrogens is 234 g/mol. The molecule has 0 aromatic heterocycles. The van der Waals surface area contributed by atoms with Crippen molar-refractivity contribution < 1.29 is 14.8 Å². The van der Waals surface area contributed by atoms with Gasteiger partial charge in [-0.3, -0.25) is 10.1 Å². The van der Waals surface area contributed by atoms with Gasteiger partial charge < -0.3 is 5.11 Å². The second-order valence-corrected chi connectivity index (χ2v) is 3.56. The van der Waals surface area contributed by atoms with Crippen LogP contribution in [0.3, 0.4) is 0 Å². The van der Waals surface area contributed by atoms with Gasteiger partial charge in [0.05, 0.1) is 16.6 Å². The lowest BCUT2D eigenvalue weighted by atomic mass is 9.99. The SMILES string of the molecule is O=C(O)c1[c]c([N+](=O)[O-])ccc1-c1ccccc1. The van der Waals surface area contributed by atoms with Crippen molar-refractivity contribution in [3.8, 4) is 11.1 Å². The quantitative estimate of drug-likeness (QED) is 0.662. The zero-order valence-corrected chi connectivity index (χ0v) is 9.16. The minimum Gasteiger partial charge on any atom is -0.478 e. The lowest BCUT2D eigenvalue weighted by Gasteiger charge is -2.05. The van der Waals surface area contributed by atoms with Crippen molar-refractivity contribution in [2.24, 2.45) is 0 Å². The first-order chi connectivity index (χ1) is 8.59. The number of carboxylic acid groups (broad SMARTS) is 1. The van der Waals surface area contributed by atoms with Crippen molar-refractivity contribution >= 4 is 11.7 Å². The van der Waals surface area contributed by atoms with Gasteiger partial charge in [0.1, 0.15) is 0 Å². The van der Waals surface area contributed by atoms with Gasteiger partial charge in [-0.15, -0.1) is 0 Å². The molecule has 0 spiro atoms. The van der Waals surface area contributed by atoms with Crippen LogP contribution < -0.4 is 0 Å². The summed E-state index contributed by atoms with van der Waals surface area (Å²) in [5.74, 6) is -1.24. The monoisotopic (exact) mass is 242 g/mol. The third-order valence-corrected chi connectivity index (χ3v) is 2.43. The molecule has 2 rings (SSSR count). The number of carboxylic acids is 1. The number of benzene rings is 2. The molecule has 1 N–H and O–H groups in total. The average molecular weight is 242 g/mol. The highest BCUT2D eigenvalue weighted by molar-refractivity contribution is 5.96. The molecule has 0 unspecified atom stereocenters. The first kappa shape index (κ1) is 11.8. The maximum Gasteiger partial charge on any atom is 0.337 e. The molecule has 0 aliphatic rings. The van der Waals surface area contributed by atoms with Crippen molar-refractivity contribution in [1.29, 1.82) is 0 Å². The number of non-ortho nitro benzene ring substituents is 1. The predicted molar refractivity (Wildman–Crippen MR) is 64.3 cm³/mol. The molecule has 89 valence electrons. The standard InChI is InChI=1S/C13H8NO4/c15-13(16)12-8-10(14(17)18)6-7-11(12)9-4-2-1-3-5-9/h1-7H,(H,15,16).